The number of rotatable bonds is 7. The van der Waals surface area contributed by atoms with Crippen molar-refractivity contribution in [1.82, 2.24) is 20.3 Å². The zero-order valence-corrected chi connectivity index (χ0v) is 14.2. The molecular formula is C19H23N5O. The number of anilines is 1. The minimum atomic E-state index is -0.128. The smallest absolute Gasteiger partial charge is 0.254 e. The lowest BCUT2D eigenvalue weighted by atomic mass is 9.97. The van der Waals surface area contributed by atoms with Crippen molar-refractivity contribution in [2.75, 3.05) is 11.9 Å². The lowest BCUT2D eigenvalue weighted by Crippen LogP contribution is -2.25. The maximum atomic E-state index is 12.1. The third-order valence-electron chi connectivity index (χ3n) is 4.23. The van der Waals surface area contributed by atoms with Gasteiger partial charge in [0, 0.05) is 37.9 Å². The number of allylic oxidation sites excluding steroid dienone is 1. The van der Waals surface area contributed by atoms with Gasteiger partial charge >= 0.3 is 0 Å². The molecule has 2 aromatic heterocycles. The topological polar surface area (TPSA) is 79.8 Å². The third-order valence-corrected chi connectivity index (χ3v) is 4.23. The number of amides is 1. The van der Waals surface area contributed by atoms with E-state index in [0.717, 1.165) is 18.4 Å². The molecule has 2 N–H and O–H groups in total. The van der Waals surface area contributed by atoms with Gasteiger partial charge in [-0.2, -0.15) is 0 Å². The fourth-order valence-electron chi connectivity index (χ4n) is 2.79. The van der Waals surface area contributed by atoms with E-state index in [1.54, 1.807) is 24.8 Å². The standard InChI is InChI=1S/C19H23N5O/c25-18(21-11-8-15-4-2-1-3-5-15)17-13-23-19(24-14-17)22-12-16-6-9-20-10-7-16/h4,6-7,9-10,13-14H,1-3,5,8,11-12H2,(H,21,25)(H,22,23,24). The van der Waals surface area contributed by atoms with Crippen LogP contribution in [-0.4, -0.2) is 27.4 Å². The zero-order chi connectivity index (χ0) is 17.3. The number of pyridine rings is 1. The van der Waals surface area contributed by atoms with Gasteiger partial charge in [0.05, 0.1) is 5.56 Å². The Balaban J connectivity index is 1.44. The van der Waals surface area contributed by atoms with E-state index < -0.39 is 0 Å². The van der Waals surface area contributed by atoms with Crippen LogP contribution in [0.3, 0.4) is 0 Å². The summed E-state index contributed by atoms with van der Waals surface area (Å²) >= 11 is 0. The van der Waals surface area contributed by atoms with Gasteiger partial charge in [-0.25, -0.2) is 9.97 Å². The van der Waals surface area contributed by atoms with Crippen LogP contribution in [0.2, 0.25) is 0 Å². The molecule has 0 unspecified atom stereocenters. The van der Waals surface area contributed by atoms with Gasteiger partial charge in [-0.3, -0.25) is 9.78 Å². The van der Waals surface area contributed by atoms with E-state index in [9.17, 15) is 4.79 Å². The fraction of sp³-hybridized carbons (Fsp3) is 0.368. The molecule has 0 aromatic carbocycles. The van der Waals surface area contributed by atoms with E-state index in [-0.39, 0.29) is 5.91 Å². The number of aromatic nitrogens is 3. The summed E-state index contributed by atoms with van der Waals surface area (Å²) in [6, 6.07) is 3.85. The second kappa shape index (κ2) is 8.92. The van der Waals surface area contributed by atoms with E-state index in [1.807, 2.05) is 12.1 Å². The van der Waals surface area contributed by atoms with Crippen LogP contribution in [-0.2, 0) is 6.54 Å². The van der Waals surface area contributed by atoms with E-state index >= 15 is 0 Å². The molecule has 2 aromatic rings. The Morgan fingerprint density at radius 3 is 2.64 bits per heavy atom. The van der Waals surface area contributed by atoms with Crippen molar-refractivity contribution >= 4 is 11.9 Å². The van der Waals surface area contributed by atoms with Crippen LogP contribution in [0.25, 0.3) is 0 Å². The Morgan fingerprint density at radius 1 is 1.12 bits per heavy atom. The van der Waals surface area contributed by atoms with Gasteiger partial charge < -0.3 is 10.6 Å². The Hall–Kier alpha value is -2.76. The van der Waals surface area contributed by atoms with E-state index in [4.69, 9.17) is 0 Å². The molecule has 0 aliphatic heterocycles. The lowest BCUT2D eigenvalue weighted by molar-refractivity contribution is 0.0953. The quantitative estimate of drug-likeness (QED) is 0.759. The third kappa shape index (κ3) is 5.38. The number of nitrogens with one attached hydrogen (secondary N) is 2. The summed E-state index contributed by atoms with van der Waals surface area (Å²) in [5.41, 5.74) is 3.03. The van der Waals surface area contributed by atoms with Crippen molar-refractivity contribution in [2.24, 2.45) is 0 Å². The highest BCUT2D eigenvalue weighted by molar-refractivity contribution is 5.93. The minimum Gasteiger partial charge on any atom is -0.352 e. The molecule has 2 heterocycles. The highest BCUT2D eigenvalue weighted by Crippen LogP contribution is 2.19. The average molecular weight is 337 g/mol. The van der Waals surface area contributed by atoms with Crippen LogP contribution < -0.4 is 10.6 Å². The van der Waals surface area contributed by atoms with Gasteiger partial charge in [0.15, 0.2) is 0 Å². The van der Waals surface area contributed by atoms with Crippen LogP contribution in [0.5, 0.6) is 0 Å². The molecule has 130 valence electrons. The number of carbonyl (C=O) groups excluding carboxylic acids is 1. The zero-order valence-electron chi connectivity index (χ0n) is 14.2. The molecule has 0 atom stereocenters. The molecule has 25 heavy (non-hydrogen) atoms. The summed E-state index contributed by atoms with van der Waals surface area (Å²) in [5.74, 6) is 0.373. The Bertz CT molecular complexity index is 712. The van der Waals surface area contributed by atoms with E-state index in [2.05, 4.69) is 31.7 Å². The van der Waals surface area contributed by atoms with Gasteiger partial charge in [-0.05, 0) is 49.8 Å². The van der Waals surface area contributed by atoms with Crippen molar-refractivity contribution < 1.29 is 4.79 Å². The predicted molar refractivity (Wildman–Crippen MR) is 97.1 cm³/mol. The number of hydrogen-bond acceptors (Lipinski definition) is 5. The first kappa shape index (κ1) is 17.1. The average Bonchev–Trinajstić information content (AvgIpc) is 2.68. The van der Waals surface area contributed by atoms with Crippen LogP contribution in [0.15, 0.2) is 48.6 Å². The summed E-state index contributed by atoms with van der Waals surface area (Å²) in [6.07, 6.45) is 14.7. The second-order valence-corrected chi connectivity index (χ2v) is 6.12. The van der Waals surface area contributed by atoms with Crippen LogP contribution >= 0.6 is 0 Å². The van der Waals surface area contributed by atoms with Crippen molar-refractivity contribution in [2.45, 2.75) is 38.6 Å². The van der Waals surface area contributed by atoms with E-state index in [0.29, 0.717) is 24.6 Å². The van der Waals surface area contributed by atoms with Crippen molar-refractivity contribution in [1.29, 1.82) is 0 Å². The molecule has 1 aliphatic carbocycles. The SMILES string of the molecule is O=C(NCCC1=CCCCC1)c1cnc(NCc2ccncc2)nc1. The summed E-state index contributed by atoms with van der Waals surface area (Å²) in [5, 5.41) is 6.06. The minimum absolute atomic E-state index is 0.128. The maximum Gasteiger partial charge on any atom is 0.254 e. The van der Waals surface area contributed by atoms with Crippen molar-refractivity contribution in [3.8, 4) is 0 Å². The lowest BCUT2D eigenvalue weighted by Gasteiger charge is -2.12. The summed E-state index contributed by atoms with van der Waals surface area (Å²) < 4.78 is 0. The molecule has 3 rings (SSSR count). The number of nitrogens with zero attached hydrogens (tertiary/aromatic N) is 3. The highest BCUT2D eigenvalue weighted by atomic mass is 16.1. The van der Waals surface area contributed by atoms with Gasteiger partial charge in [0.25, 0.3) is 5.91 Å². The predicted octanol–water partition coefficient (Wildman–Crippen LogP) is 3.10. The first-order chi connectivity index (χ1) is 12.3. The van der Waals surface area contributed by atoms with Crippen molar-refractivity contribution in [3.05, 3.63) is 59.7 Å². The second-order valence-electron chi connectivity index (χ2n) is 6.12. The largest absolute Gasteiger partial charge is 0.352 e. The summed E-state index contributed by atoms with van der Waals surface area (Å²) in [7, 11) is 0. The number of carbonyl (C=O) groups is 1. The van der Waals surface area contributed by atoms with Crippen LogP contribution in [0.4, 0.5) is 5.95 Å². The van der Waals surface area contributed by atoms with Crippen LogP contribution in [0.1, 0.15) is 48.0 Å². The number of hydrogen-bond donors (Lipinski definition) is 2. The van der Waals surface area contributed by atoms with Gasteiger partial charge in [0.2, 0.25) is 5.95 Å². The fourth-order valence-corrected chi connectivity index (χ4v) is 2.79. The molecule has 6 heteroatoms. The maximum absolute atomic E-state index is 12.1. The first-order valence-corrected chi connectivity index (χ1v) is 8.72. The monoisotopic (exact) mass is 337 g/mol. The molecule has 1 amide bonds. The normalized spacial score (nSPS) is 13.8. The van der Waals surface area contributed by atoms with Gasteiger partial charge in [0.1, 0.15) is 0 Å². The van der Waals surface area contributed by atoms with Crippen LogP contribution in [0, 0.1) is 0 Å². The molecule has 1 aliphatic rings. The Labute approximate surface area is 147 Å². The van der Waals surface area contributed by atoms with Gasteiger partial charge in [-0.15, -0.1) is 0 Å². The Morgan fingerprint density at radius 2 is 1.92 bits per heavy atom. The van der Waals surface area contributed by atoms with Crippen molar-refractivity contribution in [3.63, 3.8) is 0 Å². The molecule has 6 nitrogen and oxygen atoms in total. The Kier molecular flexibility index (Phi) is 6.09. The molecule has 0 fully saturated rings. The molecule has 0 radical (unpaired) electrons. The van der Waals surface area contributed by atoms with E-state index in [1.165, 1.54) is 24.8 Å². The highest BCUT2D eigenvalue weighted by Gasteiger charge is 2.08. The molecule has 0 saturated carbocycles. The summed E-state index contributed by atoms with van der Waals surface area (Å²) in [6.45, 7) is 1.27. The first-order valence-electron chi connectivity index (χ1n) is 8.72. The molecule has 0 saturated heterocycles. The summed E-state index contributed by atoms with van der Waals surface area (Å²) in [4.78, 5) is 24.5. The molecule has 0 spiro atoms. The molecular weight excluding hydrogens is 314 g/mol. The van der Waals surface area contributed by atoms with Gasteiger partial charge in [-0.1, -0.05) is 11.6 Å². The molecule has 0 bridgehead atoms.